The molecule has 0 aliphatic carbocycles. The van der Waals surface area contributed by atoms with Gasteiger partial charge in [-0.25, -0.2) is 0 Å². The van der Waals surface area contributed by atoms with E-state index in [4.69, 9.17) is 16.9 Å². The van der Waals surface area contributed by atoms with Crippen molar-refractivity contribution in [2.75, 3.05) is 12.4 Å². The van der Waals surface area contributed by atoms with Crippen molar-refractivity contribution >= 4 is 17.5 Å². The van der Waals surface area contributed by atoms with Crippen LogP contribution >= 0.6 is 11.6 Å². The van der Waals surface area contributed by atoms with E-state index in [0.717, 1.165) is 0 Å². The topological polar surface area (TPSA) is 64.9 Å². The summed E-state index contributed by atoms with van der Waals surface area (Å²) in [6.07, 6.45) is 1.41. The lowest BCUT2D eigenvalue weighted by molar-refractivity contribution is -0.117. The molecule has 78 valence electrons. The molecular weight excluding hydrogens is 202 g/mol. The number of nitriles is 1. The smallest absolute Gasteiger partial charge is 0.263 e. The molecule has 4 nitrogen and oxygen atoms in total. The molecule has 0 saturated heterocycles. The van der Waals surface area contributed by atoms with Gasteiger partial charge in [0.2, 0.25) is 0 Å². The fourth-order valence-corrected chi connectivity index (χ4v) is 0.749. The number of alkyl halides is 1. The van der Waals surface area contributed by atoms with Gasteiger partial charge in [0.1, 0.15) is 11.6 Å². The summed E-state index contributed by atoms with van der Waals surface area (Å²) in [5, 5.41) is 14.0. The Balaban J connectivity index is 4.20. The second kappa shape index (κ2) is 7.22. The summed E-state index contributed by atoms with van der Waals surface area (Å²) >= 11 is 5.39. The van der Waals surface area contributed by atoms with E-state index < -0.39 is 5.91 Å². The van der Waals surface area contributed by atoms with Gasteiger partial charge < -0.3 is 10.6 Å². The summed E-state index contributed by atoms with van der Waals surface area (Å²) in [6, 6.07) is 2.00. The molecular formula is C9H14ClN3O. The Kier molecular flexibility index (Phi) is 6.59. The Bertz CT molecular complexity index is 255. The van der Waals surface area contributed by atoms with E-state index >= 15 is 0 Å². The molecule has 0 aromatic heterocycles. The summed E-state index contributed by atoms with van der Waals surface area (Å²) in [7, 11) is 0. The number of carbonyl (C=O) groups is 1. The average molecular weight is 216 g/mol. The number of nitrogens with zero attached hydrogens (tertiary/aromatic N) is 1. The Morgan fingerprint density at radius 2 is 2.29 bits per heavy atom. The molecule has 5 heteroatoms. The zero-order valence-corrected chi connectivity index (χ0v) is 9.06. The molecule has 0 unspecified atom stereocenters. The monoisotopic (exact) mass is 215 g/mol. The summed E-state index contributed by atoms with van der Waals surface area (Å²) in [4.78, 5) is 11.2. The van der Waals surface area contributed by atoms with Gasteiger partial charge >= 0.3 is 0 Å². The van der Waals surface area contributed by atoms with Crippen LogP contribution in [0.5, 0.6) is 0 Å². The van der Waals surface area contributed by atoms with E-state index in [9.17, 15) is 4.79 Å². The molecule has 0 aliphatic rings. The zero-order valence-electron chi connectivity index (χ0n) is 8.30. The second-order valence-electron chi connectivity index (χ2n) is 2.94. The highest BCUT2D eigenvalue weighted by Gasteiger charge is 2.07. The molecule has 14 heavy (non-hydrogen) atoms. The van der Waals surface area contributed by atoms with Crippen LogP contribution in [0.1, 0.15) is 13.8 Å². The number of amides is 1. The van der Waals surface area contributed by atoms with Crippen LogP contribution in [0.4, 0.5) is 0 Å². The molecule has 0 radical (unpaired) electrons. The first-order valence-corrected chi connectivity index (χ1v) is 4.85. The number of halogens is 1. The molecule has 0 aliphatic heterocycles. The van der Waals surface area contributed by atoms with Crippen LogP contribution in [0.25, 0.3) is 0 Å². The number of hydrogen-bond acceptors (Lipinski definition) is 3. The van der Waals surface area contributed by atoms with Gasteiger partial charge in [-0.05, 0) is 13.8 Å². The van der Waals surface area contributed by atoms with E-state index in [1.54, 1.807) is 0 Å². The van der Waals surface area contributed by atoms with Crippen LogP contribution in [0.2, 0.25) is 0 Å². The standard InChI is InChI=1S/C9H14ClN3O/c1-7(2)13-6-8(5-11)9(14)12-4-3-10/h6-7,13H,3-4H2,1-2H3,(H,12,14)/b8-6-. The highest BCUT2D eigenvalue weighted by atomic mass is 35.5. The highest BCUT2D eigenvalue weighted by Crippen LogP contribution is 1.91. The third kappa shape index (κ3) is 5.44. The normalized spacial score (nSPS) is 10.9. The third-order valence-corrected chi connectivity index (χ3v) is 1.50. The Labute approximate surface area is 88.9 Å². The summed E-state index contributed by atoms with van der Waals surface area (Å²) < 4.78 is 0. The molecule has 0 bridgehead atoms. The Morgan fingerprint density at radius 1 is 1.64 bits per heavy atom. The molecule has 0 rings (SSSR count). The molecule has 2 N–H and O–H groups in total. The van der Waals surface area contributed by atoms with Gasteiger partial charge in [0.05, 0.1) is 0 Å². The molecule has 0 saturated carbocycles. The highest BCUT2D eigenvalue weighted by molar-refractivity contribution is 6.18. The van der Waals surface area contributed by atoms with Gasteiger partial charge in [-0.3, -0.25) is 4.79 Å². The first-order chi connectivity index (χ1) is 6.61. The zero-order chi connectivity index (χ0) is 11.0. The van der Waals surface area contributed by atoms with Gasteiger partial charge in [0.25, 0.3) is 5.91 Å². The molecule has 0 heterocycles. The van der Waals surface area contributed by atoms with Crippen molar-refractivity contribution < 1.29 is 4.79 Å². The van der Waals surface area contributed by atoms with Crippen molar-refractivity contribution in [1.82, 2.24) is 10.6 Å². The minimum Gasteiger partial charge on any atom is -0.387 e. The van der Waals surface area contributed by atoms with E-state index in [1.807, 2.05) is 19.9 Å². The van der Waals surface area contributed by atoms with Gasteiger partial charge in [-0.1, -0.05) is 0 Å². The first-order valence-electron chi connectivity index (χ1n) is 4.32. The fraction of sp³-hybridized carbons (Fsp3) is 0.556. The van der Waals surface area contributed by atoms with E-state index in [0.29, 0.717) is 12.4 Å². The average Bonchev–Trinajstić information content (AvgIpc) is 2.15. The van der Waals surface area contributed by atoms with Crippen LogP contribution in [0, 0.1) is 11.3 Å². The lowest BCUT2D eigenvalue weighted by Crippen LogP contribution is -2.28. The predicted molar refractivity (Wildman–Crippen MR) is 55.7 cm³/mol. The first kappa shape index (κ1) is 12.8. The molecule has 0 fully saturated rings. The van der Waals surface area contributed by atoms with Crippen LogP contribution in [0.3, 0.4) is 0 Å². The maximum Gasteiger partial charge on any atom is 0.263 e. The van der Waals surface area contributed by atoms with Crippen molar-refractivity contribution in [2.24, 2.45) is 0 Å². The lowest BCUT2D eigenvalue weighted by Gasteiger charge is -2.05. The molecule has 0 spiro atoms. The largest absolute Gasteiger partial charge is 0.387 e. The molecule has 0 atom stereocenters. The van der Waals surface area contributed by atoms with Crippen molar-refractivity contribution in [3.05, 3.63) is 11.8 Å². The van der Waals surface area contributed by atoms with Crippen LogP contribution in [-0.4, -0.2) is 24.4 Å². The minimum atomic E-state index is -0.402. The van der Waals surface area contributed by atoms with Gasteiger partial charge in [-0.2, -0.15) is 5.26 Å². The van der Waals surface area contributed by atoms with E-state index in [-0.39, 0.29) is 11.6 Å². The van der Waals surface area contributed by atoms with Crippen molar-refractivity contribution in [3.63, 3.8) is 0 Å². The lowest BCUT2D eigenvalue weighted by atomic mass is 10.3. The summed E-state index contributed by atoms with van der Waals surface area (Å²) in [5.74, 6) is -0.0662. The quantitative estimate of drug-likeness (QED) is 0.404. The number of carbonyl (C=O) groups excluding carboxylic acids is 1. The van der Waals surface area contributed by atoms with E-state index in [1.165, 1.54) is 6.20 Å². The summed E-state index contributed by atoms with van der Waals surface area (Å²) in [6.45, 7) is 4.20. The molecule has 0 aromatic carbocycles. The van der Waals surface area contributed by atoms with Gasteiger partial charge in [-0.15, -0.1) is 11.6 Å². The number of nitrogens with one attached hydrogen (secondary N) is 2. The van der Waals surface area contributed by atoms with Crippen molar-refractivity contribution in [2.45, 2.75) is 19.9 Å². The SMILES string of the molecule is CC(C)N/C=C(/C#N)C(=O)NCCCl. The number of hydrogen-bond donors (Lipinski definition) is 2. The van der Waals surface area contributed by atoms with Gasteiger partial charge in [0, 0.05) is 24.7 Å². The maximum absolute atomic E-state index is 11.2. The van der Waals surface area contributed by atoms with Crippen molar-refractivity contribution in [1.29, 1.82) is 5.26 Å². The Morgan fingerprint density at radius 3 is 2.71 bits per heavy atom. The molecule has 0 aromatic rings. The predicted octanol–water partition coefficient (Wildman–Crippen LogP) is 0.747. The second-order valence-corrected chi connectivity index (χ2v) is 3.31. The fourth-order valence-electron chi connectivity index (χ4n) is 0.655. The van der Waals surface area contributed by atoms with Crippen LogP contribution in [0.15, 0.2) is 11.8 Å². The van der Waals surface area contributed by atoms with Crippen LogP contribution < -0.4 is 10.6 Å². The summed E-state index contributed by atoms with van der Waals surface area (Å²) in [5.41, 5.74) is 0.0591. The van der Waals surface area contributed by atoms with Crippen molar-refractivity contribution in [3.8, 4) is 6.07 Å². The molecule has 1 amide bonds. The minimum absolute atomic E-state index is 0.0591. The third-order valence-electron chi connectivity index (χ3n) is 1.31. The van der Waals surface area contributed by atoms with Gasteiger partial charge in [0.15, 0.2) is 0 Å². The van der Waals surface area contributed by atoms with E-state index in [2.05, 4.69) is 10.6 Å². The Hall–Kier alpha value is -1.21. The number of rotatable bonds is 5. The maximum atomic E-state index is 11.2. The van der Waals surface area contributed by atoms with Crippen LogP contribution in [-0.2, 0) is 4.79 Å².